The van der Waals surface area contributed by atoms with Crippen molar-refractivity contribution < 1.29 is 14.3 Å². The molecule has 0 aromatic heterocycles. The second-order valence-corrected chi connectivity index (χ2v) is 5.55. The van der Waals surface area contributed by atoms with Crippen molar-refractivity contribution in [1.29, 1.82) is 0 Å². The molecule has 4 nitrogen and oxygen atoms in total. The van der Waals surface area contributed by atoms with Crippen molar-refractivity contribution in [2.45, 2.75) is 0 Å². The minimum Gasteiger partial charge on any atom is -0.506 e. The van der Waals surface area contributed by atoms with Crippen LogP contribution in [0.3, 0.4) is 0 Å². The van der Waals surface area contributed by atoms with E-state index in [4.69, 9.17) is 0 Å². The third-order valence-corrected chi connectivity index (χ3v) is 3.83. The Kier molecular flexibility index (Phi) is 3.93. The topological polar surface area (TPSA) is 61.7 Å². The number of hydrogen-bond acceptors (Lipinski definition) is 4. The highest BCUT2D eigenvalue weighted by Gasteiger charge is 2.24. The summed E-state index contributed by atoms with van der Waals surface area (Å²) in [6, 6.07) is 12.5. The molecule has 1 fully saturated rings. The van der Waals surface area contributed by atoms with E-state index in [2.05, 4.69) is 10.3 Å². The lowest BCUT2D eigenvalue weighted by atomic mass is 10.2. The fourth-order valence-electron chi connectivity index (χ4n) is 1.86. The van der Waals surface area contributed by atoms with Gasteiger partial charge in [0.25, 0.3) is 5.91 Å². The number of benzene rings is 2. The number of amides is 1. The molecular formula is C16H11FN2O2S. The van der Waals surface area contributed by atoms with E-state index < -0.39 is 0 Å². The minimum absolute atomic E-state index is 0.0424. The smallest absolute Gasteiger partial charge is 0.264 e. The van der Waals surface area contributed by atoms with Crippen LogP contribution >= 0.6 is 11.8 Å². The van der Waals surface area contributed by atoms with Gasteiger partial charge in [0.05, 0.1) is 4.91 Å². The first kappa shape index (κ1) is 14.3. The van der Waals surface area contributed by atoms with Crippen molar-refractivity contribution in [1.82, 2.24) is 5.32 Å². The number of amidine groups is 1. The number of carbonyl (C=O) groups is 1. The normalized spacial score (nSPS) is 18.0. The van der Waals surface area contributed by atoms with Crippen molar-refractivity contribution in [3.63, 3.8) is 0 Å². The number of rotatable bonds is 2. The Morgan fingerprint density at radius 3 is 2.59 bits per heavy atom. The molecule has 1 aliphatic heterocycles. The van der Waals surface area contributed by atoms with Gasteiger partial charge in [0, 0.05) is 0 Å². The second kappa shape index (κ2) is 6.03. The first-order valence-electron chi connectivity index (χ1n) is 6.45. The molecule has 0 aliphatic carbocycles. The molecule has 1 aliphatic rings. The molecule has 3 rings (SSSR count). The highest BCUT2D eigenvalue weighted by molar-refractivity contribution is 8.18. The third-order valence-electron chi connectivity index (χ3n) is 2.92. The van der Waals surface area contributed by atoms with Crippen LogP contribution in [0.2, 0.25) is 0 Å². The van der Waals surface area contributed by atoms with Crippen molar-refractivity contribution in [3.8, 4) is 5.75 Å². The fourth-order valence-corrected chi connectivity index (χ4v) is 2.69. The Morgan fingerprint density at radius 2 is 1.86 bits per heavy atom. The van der Waals surface area contributed by atoms with Crippen LogP contribution in [0.15, 0.2) is 58.4 Å². The van der Waals surface area contributed by atoms with Gasteiger partial charge in [-0.15, -0.1) is 0 Å². The van der Waals surface area contributed by atoms with Crippen molar-refractivity contribution in [2.75, 3.05) is 0 Å². The summed E-state index contributed by atoms with van der Waals surface area (Å²) < 4.78 is 12.9. The molecule has 2 aromatic rings. The molecule has 110 valence electrons. The molecule has 2 aromatic carbocycles. The largest absolute Gasteiger partial charge is 0.506 e. The van der Waals surface area contributed by atoms with E-state index in [9.17, 15) is 14.3 Å². The molecule has 0 atom stereocenters. The average molecular weight is 314 g/mol. The van der Waals surface area contributed by atoms with Crippen LogP contribution in [-0.4, -0.2) is 16.2 Å². The Bertz CT molecular complexity index is 785. The number of nitrogens with one attached hydrogen (secondary N) is 1. The van der Waals surface area contributed by atoms with Gasteiger partial charge in [0.1, 0.15) is 17.3 Å². The molecular weight excluding hydrogens is 303 g/mol. The molecule has 0 spiro atoms. The van der Waals surface area contributed by atoms with Gasteiger partial charge in [-0.05, 0) is 47.7 Å². The summed E-state index contributed by atoms with van der Waals surface area (Å²) in [5, 5.41) is 12.7. The summed E-state index contributed by atoms with van der Waals surface area (Å²) in [6.07, 6.45) is 1.66. The van der Waals surface area contributed by atoms with Crippen LogP contribution in [0.1, 0.15) is 5.56 Å². The van der Waals surface area contributed by atoms with Crippen LogP contribution in [0, 0.1) is 5.82 Å². The van der Waals surface area contributed by atoms with Gasteiger partial charge in [-0.3, -0.25) is 4.79 Å². The molecule has 1 saturated heterocycles. The van der Waals surface area contributed by atoms with Crippen molar-refractivity contribution >= 4 is 34.6 Å². The average Bonchev–Trinajstić information content (AvgIpc) is 2.84. The highest BCUT2D eigenvalue weighted by atomic mass is 32.2. The van der Waals surface area contributed by atoms with Crippen molar-refractivity contribution in [2.24, 2.45) is 4.99 Å². The van der Waals surface area contributed by atoms with Gasteiger partial charge in [-0.2, -0.15) is 0 Å². The summed E-state index contributed by atoms with van der Waals surface area (Å²) in [5.41, 5.74) is 1.11. The maximum atomic E-state index is 12.9. The number of phenolic OH excluding ortho intramolecular Hbond substituents is 1. The number of aliphatic imine (C=N–C) groups is 1. The summed E-state index contributed by atoms with van der Waals surface area (Å²) in [5.74, 6) is -0.559. The van der Waals surface area contributed by atoms with Gasteiger partial charge in [-0.1, -0.05) is 24.3 Å². The standard InChI is InChI=1S/C16H11FN2O2S/c17-11-7-5-10(6-8-11)9-14-15(21)19-16(22-14)18-12-3-1-2-4-13(12)20/h1-9,20H,(H,18,19,21). The number of phenols is 1. The number of aromatic hydroxyl groups is 1. The van der Waals surface area contributed by atoms with Gasteiger partial charge in [0.15, 0.2) is 5.17 Å². The lowest BCUT2D eigenvalue weighted by Crippen LogP contribution is -2.19. The van der Waals surface area contributed by atoms with Crippen LogP contribution < -0.4 is 5.32 Å². The summed E-state index contributed by atoms with van der Waals surface area (Å²) >= 11 is 1.17. The summed E-state index contributed by atoms with van der Waals surface area (Å²) in [7, 11) is 0. The molecule has 0 saturated carbocycles. The summed E-state index contributed by atoms with van der Waals surface area (Å²) in [6.45, 7) is 0. The number of nitrogens with zero attached hydrogens (tertiary/aromatic N) is 1. The molecule has 1 amide bonds. The third kappa shape index (κ3) is 3.17. The van der Waals surface area contributed by atoms with Gasteiger partial charge in [0.2, 0.25) is 0 Å². The van der Waals surface area contributed by atoms with E-state index in [1.54, 1.807) is 36.4 Å². The Hall–Kier alpha value is -2.60. The van der Waals surface area contributed by atoms with Gasteiger partial charge in [-0.25, -0.2) is 9.38 Å². The maximum absolute atomic E-state index is 12.9. The molecule has 0 radical (unpaired) electrons. The van der Waals surface area contributed by atoms with Crippen molar-refractivity contribution in [3.05, 3.63) is 64.8 Å². The maximum Gasteiger partial charge on any atom is 0.264 e. The predicted octanol–water partition coefficient (Wildman–Crippen LogP) is 3.42. The second-order valence-electron chi connectivity index (χ2n) is 4.52. The quantitative estimate of drug-likeness (QED) is 0.835. The van der Waals surface area contributed by atoms with E-state index in [0.29, 0.717) is 15.8 Å². The van der Waals surface area contributed by atoms with E-state index in [-0.39, 0.29) is 17.5 Å². The number of halogens is 1. The van der Waals surface area contributed by atoms with Crippen LogP contribution in [0.4, 0.5) is 10.1 Å². The van der Waals surface area contributed by atoms with E-state index in [1.165, 1.54) is 30.0 Å². The fraction of sp³-hybridized carbons (Fsp3) is 0. The number of thioether (sulfide) groups is 1. The van der Waals surface area contributed by atoms with Gasteiger partial charge >= 0.3 is 0 Å². The predicted molar refractivity (Wildman–Crippen MR) is 85.3 cm³/mol. The van der Waals surface area contributed by atoms with Gasteiger partial charge < -0.3 is 10.4 Å². The Labute approximate surface area is 130 Å². The zero-order valence-corrected chi connectivity index (χ0v) is 12.1. The molecule has 6 heteroatoms. The van der Waals surface area contributed by atoms with Crippen LogP contribution in [0.5, 0.6) is 5.75 Å². The number of hydrogen-bond donors (Lipinski definition) is 2. The lowest BCUT2D eigenvalue weighted by Gasteiger charge is -1.98. The molecule has 1 heterocycles. The first-order chi connectivity index (χ1) is 10.6. The summed E-state index contributed by atoms with van der Waals surface area (Å²) in [4.78, 5) is 16.6. The lowest BCUT2D eigenvalue weighted by molar-refractivity contribution is -0.115. The zero-order chi connectivity index (χ0) is 15.5. The van der Waals surface area contributed by atoms with Crippen LogP contribution in [-0.2, 0) is 4.79 Å². The monoisotopic (exact) mass is 314 g/mol. The molecule has 0 bridgehead atoms. The van der Waals surface area contributed by atoms with E-state index in [1.807, 2.05) is 0 Å². The number of carbonyl (C=O) groups excluding carboxylic acids is 1. The first-order valence-corrected chi connectivity index (χ1v) is 7.26. The number of para-hydroxylation sites is 2. The van der Waals surface area contributed by atoms with E-state index >= 15 is 0 Å². The Morgan fingerprint density at radius 1 is 1.14 bits per heavy atom. The molecule has 2 N–H and O–H groups in total. The van der Waals surface area contributed by atoms with E-state index in [0.717, 1.165) is 5.56 Å². The Balaban J connectivity index is 1.84. The molecule has 22 heavy (non-hydrogen) atoms. The molecule has 0 unspecified atom stereocenters. The van der Waals surface area contributed by atoms with Crippen LogP contribution in [0.25, 0.3) is 6.08 Å². The minimum atomic E-state index is -0.326. The highest BCUT2D eigenvalue weighted by Crippen LogP contribution is 2.31. The zero-order valence-electron chi connectivity index (χ0n) is 11.3. The SMILES string of the molecule is O=C1NC(=Nc2ccccc2O)SC1=Cc1ccc(F)cc1.